The Bertz CT molecular complexity index is 518. The van der Waals surface area contributed by atoms with Crippen LogP contribution in [0, 0.1) is 27.7 Å². The minimum Gasteiger partial charge on any atom is -0.337 e. The lowest BCUT2D eigenvalue weighted by atomic mass is 10.1. The minimum absolute atomic E-state index is 0.835. The lowest BCUT2D eigenvalue weighted by Crippen LogP contribution is -2.11. The van der Waals surface area contributed by atoms with Crippen LogP contribution in [0.2, 0.25) is 0 Å². The molecule has 1 aromatic heterocycles. The van der Waals surface area contributed by atoms with Crippen LogP contribution in [0.4, 0.5) is 0 Å². The maximum absolute atomic E-state index is 5.99. The molecule has 0 saturated carbocycles. The van der Waals surface area contributed by atoms with Gasteiger partial charge in [-0.2, -0.15) is 0 Å². The zero-order chi connectivity index (χ0) is 11.9. The Morgan fingerprint density at radius 2 is 1.56 bits per heavy atom. The lowest BCUT2D eigenvalue weighted by Gasteiger charge is -2.05. The van der Waals surface area contributed by atoms with Crippen LogP contribution in [0.25, 0.3) is 11.4 Å². The highest BCUT2D eigenvalue weighted by molar-refractivity contribution is 5.59. The second kappa shape index (κ2) is 3.67. The molecule has 0 radical (unpaired) electrons. The Hall–Kier alpha value is -1.77. The van der Waals surface area contributed by atoms with E-state index in [1.165, 1.54) is 11.1 Å². The summed E-state index contributed by atoms with van der Waals surface area (Å²) in [6.07, 6.45) is 0. The Morgan fingerprint density at radius 1 is 1.00 bits per heavy atom. The Morgan fingerprint density at radius 3 is 2.00 bits per heavy atom. The van der Waals surface area contributed by atoms with E-state index in [9.17, 15) is 0 Å². The zero-order valence-corrected chi connectivity index (χ0v) is 10.2. The van der Waals surface area contributed by atoms with Gasteiger partial charge in [0, 0.05) is 5.56 Å². The fourth-order valence-corrected chi connectivity index (χ4v) is 1.93. The first kappa shape index (κ1) is 10.7. The van der Waals surface area contributed by atoms with Crippen molar-refractivity contribution in [1.82, 2.24) is 9.66 Å². The van der Waals surface area contributed by atoms with Gasteiger partial charge in [0.15, 0.2) is 5.82 Å². The van der Waals surface area contributed by atoms with Gasteiger partial charge in [-0.1, -0.05) is 17.2 Å². The number of nitrogens with zero attached hydrogens (tertiary/aromatic N) is 2. The molecule has 2 N–H and O–H groups in total. The Kier molecular flexibility index (Phi) is 2.46. The van der Waals surface area contributed by atoms with Crippen LogP contribution in [-0.2, 0) is 0 Å². The second-order valence-corrected chi connectivity index (χ2v) is 4.35. The number of nitrogen functional groups attached to an aromatic ring is 1. The molecular formula is C13H17N3. The van der Waals surface area contributed by atoms with Gasteiger partial charge >= 0.3 is 0 Å². The van der Waals surface area contributed by atoms with Gasteiger partial charge in [0.2, 0.25) is 0 Å². The first-order chi connectivity index (χ1) is 7.49. The molecule has 2 rings (SSSR count). The van der Waals surface area contributed by atoms with Gasteiger partial charge in [0.25, 0.3) is 0 Å². The summed E-state index contributed by atoms with van der Waals surface area (Å²) in [5.41, 5.74) is 5.53. The molecule has 0 atom stereocenters. The smallest absolute Gasteiger partial charge is 0.158 e. The molecule has 1 heterocycles. The van der Waals surface area contributed by atoms with Crippen LogP contribution in [0.15, 0.2) is 18.2 Å². The highest BCUT2D eigenvalue weighted by Gasteiger charge is 2.10. The third-order valence-corrected chi connectivity index (χ3v) is 2.87. The predicted octanol–water partition coefficient (Wildman–Crippen LogP) is 2.50. The van der Waals surface area contributed by atoms with Crippen molar-refractivity contribution in [2.45, 2.75) is 27.7 Å². The van der Waals surface area contributed by atoms with E-state index < -0.39 is 0 Å². The molecule has 3 nitrogen and oxygen atoms in total. The molecule has 0 saturated heterocycles. The van der Waals surface area contributed by atoms with Crippen molar-refractivity contribution in [3.63, 3.8) is 0 Å². The minimum atomic E-state index is 0.835. The van der Waals surface area contributed by atoms with Crippen molar-refractivity contribution < 1.29 is 0 Å². The summed E-state index contributed by atoms with van der Waals surface area (Å²) >= 11 is 0. The number of imidazole rings is 1. The standard InChI is InChI=1S/C13H17N3/c1-8-5-9(2)7-12(6-8)13-15-10(3)11(4)16(13)14/h5-7H,14H2,1-4H3. The van der Waals surface area contributed by atoms with Crippen LogP contribution in [0.1, 0.15) is 22.5 Å². The zero-order valence-electron chi connectivity index (χ0n) is 10.2. The molecule has 16 heavy (non-hydrogen) atoms. The van der Waals surface area contributed by atoms with E-state index in [1.54, 1.807) is 4.68 Å². The molecule has 0 aliphatic heterocycles. The molecule has 1 aromatic carbocycles. The van der Waals surface area contributed by atoms with Gasteiger partial charge in [-0.3, -0.25) is 0 Å². The summed E-state index contributed by atoms with van der Waals surface area (Å²) < 4.78 is 1.66. The van der Waals surface area contributed by atoms with Crippen molar-refractivity contribution in [2.24, 2.45) is 0 Å². The summed E-state index contributed by atoms with van der Waals surface area (Å²) in [6.45, 7) is 8.12. The number of benzene rings is 1. The van der Waals surface area contributed by atoms with E-state index >= 15 is 0 Å². The maximum Gasteiger partial charge on any atom is 0.158 e. The summed E-state index contributed by atoms with van der Waals surface area (Å²) in [5.74, 6) is 6.82. The Labute approximate surface area is 95.9 Å². The van der Waals surface area contributed by atoms with Crippen molar-refractivity contribution in [1.29, 1.82) is 0 Å². The third kappa shape index (κ3) is 1.69. The average molecular weight is 215 g/mol. The van der Waals surface area contributed by atoms with E-state index in [0.29, 0.717) is 0 Å². The average Bonchev–Trinajstić information content (AvgIpc) is 2.44. The molecule has 0 bridgehead atoms. The van der Waals surface area contributed by atoms with Crippen molar-refractivity contribution >= 4 is 0 Å². The fourth-order valence-electron chi connectivity index (χ4n) is 1.93. The van der Waals surface area contributed by atoms with Crippen LogP contribution < -0.4 is 5.84 Å². The van der Waals surface area contributed by atoms with Gasteiger partial charge in [0.1, 0.15) is 0 Å². The molecule has 0 aliphatic carbocycles. The van der Waals surface area contributed by atoms with Gasteiger partial charge in [0.05, 0.1) is 11.4 Å². The summed E-state index contributed by atoms with van der Waals surface area (Å²) in [6, 6.07) is 6.36. The number of hydrogen-bond donors (Lipinski definition) is 1. The summed E-state index contributed by atoms with van der Waals surface area (Å²) in [5, 5.41) is 0. The summed E-state index contributed by atoms with van der Waals surface area (Å²) in [4.78, 5) is 4.50. The topological polar surface area (TPSA) is 43.8 Å². The van der Waals surface area contributed by atoms with E-state index in [4.69, 9.17) is 5.84 Å². The van der Waals surface area contributed by atoms with Gasteiger partial charge in [-0.15, -0.1) is 0 Å². The summed E-state index contributed by atoms with van der Waals surface area (Å²) in [7, 11) is 0. The van der Waals surface area contributed by atoms with E-state index in [1.807, 2.05) is 13.8 Å². The molecule has 0 fully saturated rings. The Balaban J connectivity index is 2.62. The molecule has 3 heteroatoms. The SMILES string of the molecule is Cc1cc(C)cc(-c2nc(C)c(C)n2N)c1. The number of nitrogens with two attached hydrogens (primary N) is 1. The third-order valence-electron chi connectivity index (χ3n) is 2.87. The molecule has 84 valence electrons. The van der Waals surface area contributed by atoms with E-state index in [0.717, 1.165) is 22.8 Å². The number of aryl methyl sites for hydroxylation is 3. The first-order valence-electron chi connectivity index (χ1n) is 5.38. The first-order valence-corrected chi connectivity index (χ1v) is 5.38. The van der Waals surface area contributed by atoms with Gasteiger partial charge in [-0.05, 0) is 39.8 Å². The van der Waals surface area contributed by atoms with Crippen LogP contribution in [0.3, 0.4) is 0 Å². The van der Waals surface area contributed by atoms with Crippen molar-refractivity contribution in [2.75, 3.05) is 5.84 Å². The predicted molar refractivity (Wildman–Crippen MR) is 66.8 cm³/mol. The molecule has 0 amide bonds. The molecular weight excluding hydrogens is 198 g/mol. The molecule has 0 spiro atoms. The highest BCUT2D eigenvalue weighted by atomic mass is 15.3. The fraction of sp³-hybridized carbons (Fsp3) is 0.308. The van der Waals surface area contributed by atoms with Crippen LogP contribution in [-0.4, -0.2) is 9.66 Å². The normalized spacial score (nSPS) is 10.8. The van der Waals surface area contributed by atoms with Gasteiger partial charge < -0.3 is 5.84 Å². The largest absolute Gasteiger partial charge is 0.337 e. The van der Waals surface area contributed by atoms with Crippen LogP contribution >= 0.6 is 0 Å². The van der Waals surface area contributed by atoms with E-state index in [2.05, 4.69) is 37.0 Å². The number of hydrogen-bond acceptors (Lipinski definition) is 2. The van der Waals surface area contributed by atoms with Crippen LogP contribution in [0.5, 0.6) is 0 Å². The lowest BCUT2D eigenvalue weighted by molar-refractivity contribution is 0.957. The molecule has 0 aliphatic rings. The number of rotatable bonds is 1. The molecule has 0 unspecified atom stereocenters. The van der Waals surface area contributed by atoms with Gasteiger partial charge in [-0.25, -0.2) is 9.66 Å². The van der Waals surface area contributed by atoms with E-state index in [-0.39, 0.29) is 0 Å². The number of aromatic nitrogens is 2. The highest BCUT2D eigenvalue weighted by Crippen LogP contribution is 2.22. The van der Waals surface area contributed by atoms with Crippen molar-refractivity contribution in [3.05, 3.63) is 40.7 Å². The molecule has 2 aromatic rings. The quantitative estimate of drug-likeness (QED) is 0.743. The monoisotopic (exact) mass is 215 g/mol. The second-order valence-electron chi connectivity index (χ2n) is 4.35. The maximum atomic E-state index is 5.99. The van der Waals surface area contributed by atoms with Crippen molar-refractivity contribution in [3.8, 4) is 11.4 Å².